The van der Waals surface area contributed by atoms with E-state index in [1.807, 2.05) is 18.2 Å². The number of pyridine rings is 1. The smallest absolute Gasteiger partial charge is 0.308 e. The molecule has 2 rings (SSSR count). The second kappa shape index (κ2) is 6.68. The zero-order valence-corrected chi connectivity index (χ0v) is 10.1. The monoisotopic (exact) mass is 264 g/mol. The summed E-state index contributed by atoms with van der Waals surface area (Å²) in [5, 5.41) is 12.1. The first-order chi connectivity index (χ1) is 6.79. The predicted octanol–water partition coefficient (Wildman–Crippen LogP) is 1.31. The first kappa shape index (κ1) is 15.2. The Labute approximate surface area is 106 Å². The number of nitrogens with zero attached hydrogens (tertiary/aromatic N) is 1. The van der Waals surface area contributed by atoms with Crippen LogP contribution in [0.5, 0.6) is 0 Å². The molecule has 0 aromatic carbocycles. The molecule has 90 valence electrons. The maximum atomic E-state index is 10.9. The Morgan fingerprint density at radius 1 is 1.38 bits per heavy atom. The zero-order valence-electron chi connectivity index (χ0n) is 8.50. The van der Waals surface area contributed by atoms with Gasteiger partial charge in [0.15, 0.2) is 0 Å². The Morgan fingerprint density at radius 2 is 2.12 bits per heavy atom. The van der Waals surface area contributed by atoms with Crippen LogP contribution in [0.3, 0.4) is 0 Å². The fourth-order valence-corrected chi connectivity index (χ4v) is 1.84. The number of carboxylic acid groups (broad SMARTS) is 1. The van der Waals surface area contributed by atoms with E-state index in [1.165, 1.54) is 0 Å². The first-order valence-electron chi connectivity index (χ1n) is 4.63. The van der Waals surface area contributed by atoms with Gasteiger partial charge in [0.2, 0.25) is 0 Å². The summed E-state index contributed by atoms with van der Waals surface area (Å²) in [5.41, 5.74) is 0.866. The summed E-state index contributed by atoms with van der Waals surface area (Å²) in [7, 11) is 0. The van der Waals surface area contributed by atoms with Crippen molar-refractivity contribution in [3.63, 3.8) is 0 Å². The van der Waals surface area contributed by atoms with Gasteiger partial charge in [-0.25, -0.2) is 0 Å². The highest BCUT2D eigenvalue weighted by molar-refractivity contribution is 5.85. The van der Waals surface area contributed by atoms with Gasteiger partial charge in [0.1, 0.15) is 0 Å². The summed E-state index contributed by atoms with van der Waals surface area (Å²) in [6.45, 7) is 1.24. The van der Waals surface area contributed by atoms with Crippen molar-refractivity contribution in [2.24, 2.45) is 5.92 Å². The number of aromatic nitrogens is 1. The van der Waals surface area contributed by atoms with E-state index in [2.05, 4.69) is 10.3 Å². The molecule has 0 amide bonds. The van der Waals surface area contributed by atoms with Gasteiger partial charge in [0.25, 0.3) is 0 Å². The van der Waals surface area contributed by atoms with Gasteiger partial charge in [0.05, 0.1) is 5.92 Å². The summed E-state index contributed by atoms with van der Waals surface area (Å²) in [5.74, 6) is -1.08. The Morgan fingerprint density at radius 3 is 2.69 bits per heavy atom. The van der Waals surface area contributed by atoms with Crippen LogP contribution in [-0.2, 0) is 4.79 Å². The third-order valence-electron chi connectivity index (χ3n) is 2.60. The van der Waals surface area contributed by atoms with E-state index in [1.54, 1.807) is 6.20 Å². The molecule has 1 aliphatic rings. The fraction of sp³-hybridized carbons (Fsp3) is 0.400. The Hall–Kier alpha value is -0.840. The number of aliphatic carboxylic acids is 1. The lowest BCUT2D eigenvalue weighted by Gasteiger charge is -2.13. The highest BCUT2D eigenvalue weighted by Crippen LogP contribution is 2.26. The predicted molar refractivity (Wildman–Crippen MR) is 65.5 cm³/mol. The van der Waals surface area contributed by atoms with Gasteiger partial charge >= 0.3 is 5.97 Å². The number of hydrogen-bond donors (Lipinski definition) is 2. The molecule has 0 spiro atoms. The maximum Gasteiger partial charge on any atom is 0.308 e. The highest BCUT2D eigenvalue weighted by atomic mass is 35.5. The molecule has 1 aromatic heterocycles. The molecule has 1 fully saturated rings. The van der Waals surface area contributed by atoms with E-state index < -0.39 is 5.97 Å². The van der Waals surface area contributed by atoms with Crippen LogP contribution < -0.4 is 5.32 Å². The molecule has 2 heterocycles. The second-order valence-corrected chi connectivity index (χ2v) is 3.46. The van der Waals surface area contributed by atoms with Crippen molar-refractivity contribution < 1.29 is 9.90 Å². The van der Waals surface area contributed by atoms with E-state index in [9.17, 15) is 4.79 Å². The van der Waals surface area contributed by atoms with Gasteiger partial charge in [-0.2, -0.15) is 0 Å². The number of carboxylic acids is 1. The number of carbonyl (C=O) groups is 1. The molecular weight excluding hydrogens is 251 g/mol. The molecule has 1 aliphatic heterocycles. The van der Waals surface area contributed by atoms with Crippen molar-refractivity contribution in [2.75, 3.05) is 13.1 Å². The minimum atomic E-state index is -0.745. The Balaban J connectivity index is 0.00000112. The van der Waals surface area contributed by atoms with Crippen LogP contribution in [0, 0.1) is 5.92 Å². The summed E-state index contributed by atoms with van der Waals surface area (Å²) >= 11 is 0. The molecule has 16 heavy (non-hydrogen) atoms. The van der Waals surface area contributed by atoms with Crippen molar-refractivity contribution in [1.29, 1.82) is 0 Å². The van der Waals surface area contributed by atoms with Gasteiger partial charge in [0, 0.05) is 30.9 Å². The second-order valence-electron chi connectivity index (χ2n) is 3.46. The van der Waals surface area contributed by atoms with Crippen LogP contribution in [0.1, 0.15) is 11.6 Å². The Kier molecular flexibility index (Phi) is 6.33. The molecule has 2 N–H and O–H groups in total. The zero-order chi connectivity index (χ0) is 9.97. The Bertz CT molecular complexity index is 335. The molecule has 0 unspecified atom stereocenters. The highest BCUT2D eigenvalue weighted by Gasteiger charge is 2.34. The normalized spacial score (nSPS) is 23.0. The molecule has 0 radical (unpaired) electrons. The maximum absolute atomic E-state index is 10.9. The van der Waals surface area contributed by atoms with E-state index in [4.69, 9.17) is 5.11 Å². The van der Waals surface area contributed by atoms with E-state index >= 15 is 0 Å². The lowest BCUT2D eigenvalue weighted by atomic mass is 9.93. The van der Waals surface area contributed by atoms with Crippen molar-refractivity contribution in [1.82, 2.24) is 10.3 Å². The SMILES string of the molecule is Cl.Cl.O=C(O)[C@@H]1CNC[C@@H]1c1ccccn1. The van der Waals surface area contributed by atoms with Crippen LogP contribution in [-0.4, -0.2) is 29.1 Å². The minimum Gasteiger partial charge on any atom is -0.481 e. The quantitative estimate of drug-likeness (QED) is 0.846. The molecule has 4 nitrogen and oxygen atoms in total. The lowest BCUT2D eigenvalue weighted by Crippen LogP contribution is -2.21. The van der Waals surface area contributed by atoms with Crippen LogP contribution in [0.15, 0.2) is 24.4 Å². The summed E-state index contributed by atoms with van der Waals surface area (Å²) in [4.78, 5) is 15.1. The number of rotatable bonds is 2. The standard InChI is InChI=1S/C10H12N2O2.2ClH/c13-10(14)8-6-11-5-7(8)9-3-1-2-4-12-9;;/h1-4,7-8,11H,5-6H2,(H,13,14);2*1H/t7-,8+;;/m0../s1. The lowest BCUT2D eigenvalue weighted by molar-refractivity contribution is -0.141. The van der Waals surface area contributed by atoms with Crippen molar-refractivity contribution >= 4 is 30.8 Å². The summed E-state index contributed by atoms with van der Waals surface area (Å²) < 4.78 is 0. The van der Waals surface area contributed by atoms with Gasteiger partial charge in [-0.15, -0.1) is 24.8 Å². The van der Waals surface area contributed by atoms with Crippen molar-refractivity contribution in [3.05, 3.63) is 30.1 Å². The summed E-state index contributed by atoms with van der Waals surface area (Å²) in [6, 6.07) is 5.61. The average molecular weight is 265 g/mol. The molecule has 0 aliphatic carbocycles. The van der Waals surface area contributed by atoms with Crippen LogP contribution in [0.2, 0.25) is 0 Å². The van der Waals surface area contributed by atoms with Gasteiger partial charge in [-0.05, 0) is 12.1 Å². The number of hydrogen-bond acceptors (Lipinski definition) is 3. The van der Waals surface area contributed by atoms with Crippen molar-refractivity contribution in [2.45, 2.75) is 5.92 Å². The topological polar surface area (TPSA) is 62.2 Å². The molecule has 1 aromatic rings. The molecule has 0 bridgehead atoms. The average Bonchev–Trinajstić information content (AvgIpc) is 2.67. The molecule has 0 saturated carbocycles. The minimum absolute atomic E-state index is 0. The van der Waals surface area contributed by atoms with Crippen molar-refractivity contribution in [3.8, 4) is 0 Å². The van der Waals surface area contributed by atoms with Crippen LogP contribution in [0.25, 0.3) is 0 Å². The first-order valence-corrected chi connectivity index (χ1v) is 4.63. The van der Waals surface area contributed by atoms with Gasteiger partial charge in [-0.1, -0.05) is 6.07 Å². The van der Waals surface area contributed by atoms with Gasteiger partial charge in [-0.3, -0.25) is 9.78 Å². The van der Waals surface area contributed by atoms with E-state index in [0.29, 0.717) is 13.1 Å². The molecule has 1 saturated heterocycles. The third kappa shape index (κ3) is 3.07. The fourth-order valence-electron chi connectivity index (χ4n) is 1.84. The van der Waals surface area contributed by atoms with Crippen LogP contribution in [0.4, 0.5) is 0 Å². The number of nitrogens with one attached hydrogen (secondary N) is 1. The largest absolute Gasteiger partial charge is 0.481 e. The third-order valence-corrected chi connectivity index (χ3v) is 2.60. The van der Waals surface area contributed by atoms with Crippen LogP contribution >= 0.6 is 24.8 Å². The summed E-state index contributed by atoms with van der Waals surface area (Å²) in [6.07, 6.45) is 1.70. The molecule has 2 atom stereocenters. The van der Waals surface area contributed by atoms with E-state index in [-0.39, 0.29) is 36.6 Å². The van der Waals surface area contributed by atoms with E-state index in [0.717, 1.165) is 5.69 Å². The molecule has 6 heteroatoms. The molecular formula is C10H14Cl2N2O2. The number of halogens is 2. The van der Waals surface area contributed by atoms with Gasteiger partial charge < -0.3 is 10.4 Å².